The van der Waals surface area contributed by atoms with Crippen molar-refractivity contribution in [3.8, 4) is 0 Å². The van der Waals surface area contributed by atoms with Crippen LogP contribution in [-0.4, -0.2) is 47.8 Å². The van der Waals surface area contributed by atoms with Gasteiger partial charge in [0.15, 0.2) is 0 Å². The van der Waals surface area contributed by atoms with Gasteiger partial charge < -0.3 is 25.2 Å². The Morgan fingerprint density at radius 3 is 1.93 bits per heavy atom. The summed E-state index contributed by atoms with van der Waals surface area (Å²) in [6.45, 7) is 0.189. The van der Waals surface area contributed by atoms with E-state index in [1.165, 1.54) is 0 Å². The first-order chi connectivity index (χ1) is 14.1. The zero-order valence-electron chi connectivity index (χ0n) is 16.8. The maximum atomic E-state index is 9.65. The third-order valence-corrected chi connectivity index (χ3v) is 4.69. The standard InChI is InChI=1S/C22H29NO6/c1-28-8-7-23(29-2)22-11-16(5-6-18(22)12-24)3-4-17-9-19(13-25)21(15-27)20(10-17)14-26/h3-6,9-11,24-27H,7-8,12-15H2,1-2H3/b4-3-. The van der Waals surface area contributed by atoms with Crippen molar-refractivity contribution in [2.24, 2.45) is 0 Å². The third-order valence-electron chi connectivity index (χ3n) is 4.69. The first-order valence-corrected chi connectivity index (χ1v) is 9.31. The topological polar surface area (TPSA) is 103 Å². The Labute approximate surface area is 171 Å². The molecule has 2 rings (SSSR count). The molecule has 4 N–H and O–H groups in total. The highest BCUT2D eigenvalue weighted by Gasteiger charge is 2.12. The van der Waals surface area contributed by atoms with Gasteiger partial charge in [0.05, 0.1) is 52.4 Å². The molecule has 29 heavy (non-hydrogen) atoms. The Bertz CT molecular complexity index is 796. The van der Waals surface area contributed by atoms with Gasteiger partial charge in [-0.15, -0.1) is 0 Å². The van der Waals surface area contributed by atoms with Crippen LogP contribution in [0.5, 0.6) is 0 Å². The molecule has 0 aliphatic rings. The average molecular weight is 403 g/mol. The highest BCUT2D eigenvalue weighted by Crippen LogP contribution is 2.25. The van der Waals surface area contributed by atoms with Crippen LogP contribution in [0.2, 0.25) is 0 Å². The Morgan fingerprint density at radius 2 is 1.41 bits per heavy atom. The number of hydrogen-bond acceptors (Lipinski definition) is 7. The van der Waals surface area contributed by atoms with Gasteiger partial charge in [0.25, 0.3) is 0 Å². The van der Waals surface area contributed by atoms with Crippen molar-refractivity contribution in [1.82, 2.24) is 0 Å². The highest BCUT2D eigenvalue weighted by atomic mass is 16.7. The normalized spacial score (nSPS) is 11.4. The van der Waals surface area contributed by atoms with Crippen LogP contribution in [0.1, 0.15) is 33.4 Å². The summed E-state index contributed by atoms with van der Waals surface area (Å²) in [6, 6.07) is 9.19. The minimum absolute atomic E-state index is 0.117. The smallest absolute Gasteiger partial charge is 0.0702 e. The van der Waals surface area contributed by atoms with Gasteiger partial charge >= 0.3 is 0 Å². The van der Waals surface area contributed by atoms with E-state index in [-0.39, 0.29) is 26.4 Å². The molecule has 0 aliphatic carbocycles. The maximum Gasteiger partial charge on any atom is 0.0702 e. The second kappa shape index (κ2) is 11.7. The number of anilines is 1. The van der Waals surface area contributed by atoms with Crippen LogP contribution in [0, 0.1) is 0 Å². The number of ether oxygens (including phenoxy) is 1. The van der Waals surface area contributed by atoms with Crippen LogP contribution in [0.25, 0.3) is 12.2 Å². The molecule has 2 aromatic carbocycles. The molecule has 0 bridgehead atoms. The second-order valence-electron chi connectivity index (χ2n) is 6.45. The van der Waals surface area contributed by atoms with Crippen molar-refractivity contribution in [2.45, 2.75) is 26.4 Å². The van der Waals surface area contributed by atoms with E-state index in [0.717, 1.165) is 22.4 Å². The monoisotopic (exact) mass is 403 g/mol. The lowest BCUT2D eigenvalue weighted by molar-refractivity contribution is 0.128. The Balaban J connectivity index is 2.36. The molecule has 158 valence electrons. The van der Waals surface area contributed by atoms with Gasteiger partial charge in [0, 0.05) is 12.7 Å². The summed E-state index contributed by atoms with van der Waals surface area (Å²) in [5, 5.41) is 39.9. The second-order valence-corrected chi connectivity index (χ2v) is 6.45. The molecule has 0 fully saturated rings. The van der Waals surface area contributed by atoms with Gasteiger partial charge in [-0.05, 0) is 46.0 Å². The molecule has 0 saturated carbocycles. The quantitative estimate of drug-likeness (QED) is 0.335. The fraction of sp³-hybridized carbons (Fsp3) is 0.364. The minimum atomic E-state index is -0.240. The lowest BCUT2D eigenvalue weighted by Crippen LogP contribution is -2.27. The van der Waals surface area contributed by atoms with E-state index in [4.69, 9.17) is 9.57 Å². The van der Waals surface area contributed by atoms with Gasteiger partial charge in [-0.1, -0.05) is 24.3 Å². The lowest BCUT2D eigenvalue weighted by atomic mass is 9.98. The summed E-state index contributed by atoms with van der Waals surface area (Å²) in [4.78, 5) is 5.42. The summed E-state index contributed by atoms with van der Waals surface area (Å²) in [6.07, 6.45) is 3.76. The Hall–Kier alpha value is -2.26. The zero-order valence-corrected chi connectivity index (χ0v) is 16.8. The number of rotatable bonds is 11. The number of hydroxylamine groups is 1. The Kier molecular flexibility index (Phi) is 9.27. The van der Waals surface area contributed by atoms with Gasteiger partial charge in [-0.2, -0.15) is 0 Å². The van der Waals surface area contributed by atoms with E-state index in [1.54, 1.807) is 31.4 Å². The summed E-state index contributed by atoms with van der Waals surface area (Å²) in [7, 11) is 3.18. The number of aliphatic hydroxyl groups is 4. The summed E-state index contributed by atoms with van der Waals surface area (Å²) >= 11 is 0. The molecule has 0 saturated heterocycles. The Morgan fingerprint density at radius 1 is 0.793 bits per heavy atom. The van der Waals surface area contributed by atoms with Crippen LogP contribution in [0.15, 0.2) is 30.3 Å². The van der Waals surface area contributed by atoms with Crippen LogP contribution >= 0.6 is 0 Å². The molecule has 0 spiro atoms. The molecule has 0 aliphatic heterocycles. The van der Waals surface area contributed by atoms with E-state index in [2.05, 4.69) is 0 Å². The zero-order chi connectivity index (χ0) is 21.2. The van der Waals surface area contributed by atoms with Gasteiger partial charge in [-0.25, -0.2) is 0 Å². The van der Waals surface area contributed by atoms with Crippen molar-refractivity contribution >= 4 is 17.8 Å². The molecule has 0 amide bonds. The van der Waals surface area contributed by atoms with E-state index in [9.17, 15) is 20.4 Å². The maximum absolute atomic E-state index is 9.65. The largest absolute Gasteiger partial charge is 0.392 e. The highest BCUT2D eigenvalue weighted by molar-refractivity contribution is 5.73. The minimum Gasteiger partial charge on any atom is -0.392 e. The molecule has 7 heteroatoms. The fourth-order valence-corrected chi connectivity index (χ4v) is 3.13. The third kappa shape index (κ3) is 5.86. The molecule has 2 aromatic rings. The molecular weight excluding hydrogens is 374 g/mol. The van der Waals surface area contributed by atoms with Gasteiger partial charge in [-0.3, -0.25) is 9.90 Å². The molecule has 0 radical (unpaired) electrons. The average Bonchev–Trinajstić information content (AvgIpc) is 2.77. The molecule has 0 heterocycles. The first kappa shape index (κ1) is 23.0. The molecular formula is C22H29NO6. The molecule has 0 atom stereocenters. The summed E-state index contributed by atoms with van der Waals surface area (Å²) in [5.74, 6) is 0. The van der Waals surface area contributed by atoms with E-state index in [0.29, 0.717) is 29.8 Å². The van der Waals surface area contributed by atoms with Crippen molar-refractivity contribution in [3.63, 3.8) is 0 Å². The number of methoxy groups -OCH3 is 1. The van der Waals surface area contributed by atoms with E-state index < -0.39 is 0 Å². The molecule has 7 nitrogen and oxygen atoms in total. The van der Waals surface area contributed by atoms with Crippen molar-refractivity contribution in [1.29, 1.82) is 0 Å². The van der Waals surface area contributed by atoms with Gasteiger partial charge in [0.2, 0.25) is 0 Å². The van der Waals surface area contributed by atoms with Crippen molar-refractivity contribution in [3.05, 3.63) is 63.7 Å². The summed E-state index contributed by atoms with van der Waals surface area (Å²) in [5.41, 5.74) is 4.88. The predicted octanol–water partition coefficient (Wildman–Crippen LogP) is 1.84. The number of benzene rings is 2. The van der Waals surface area contributed by atoms with Gasteiger partial charge in [0.1, 0.15) is 0 Å². The molecule has 0 unspecified atom stereocenters. The van der Waals surface area contributed by atoms with Crippen LogP contribution in [0.3, 0.4) is 0 Å². The van der Waals surface area contributed by atoms with E-state index in [1.807, 2.05) is 30.4 Å². The van der Waals surface area contributed by atoms with Crippen LogP contribution in [-0.2, 0) is 36.0 Å². The number of aliphatic hydroxyl groups excluding tert-OH is 4. The fourth-order valence-electron chi connectivity index (χ4n) is 3.13. The van der Waals surface area contributed by atoms with Crippen molar-refractivity contribution in [2.75, 3.05) is 32.4 Å². The van der Waals surface area contributed by atoms with Crippen LogP contribution < -0.4 is 5.06 Å². The van der Waals surface area contributed by atoms with E-state index >= 15 is 0 Å². The van der Waals surface area contributed by atoms with Crippen molar-refractivity contribution < 1.29 is 30.0 Å². The molecule has 0 aromatic heterocycles. The van der Waals surface area contributed by atoms with Crippen LogP contribution in [0.4, 0.5) is 5.69 Å². The lowest BCUT2D eigenvalue weighted by Gasteiger charge is -2.24. The number of hydrogen-bond donors (Lipinski definition) is 4. The number of nitrogens with zero attached hydrogens (tertiary/aromatic N) is 1. The SMILES string of the molecule is COCCN(OC)c1cc(/C=C\c2cc(CO)c(CO)c(CO)c2)ccc1CO. The predicted molar refractivity (Wildman–Crippen MR) is 112 cm³/mol. The summed E-state index contributed by atoms with van der Waals surface area (Å²) < 4.78 is 5.11. The first-order valence-electron chi connectivity index (χ1n) is 9.31.